The van der Waals surface area contributed by atoms with Crippen molar-refractivity contribution in [3.63, 3.8) is 0 Å². The lowest BCUT2D eigenvalue weighted by atomic mass is 10.1. The lowest BCUT2D eigenvalue weighted by Gasteiger charge is -2.26. The van der Waals surface area contributed by atoms with Crippen LogP contribution >= 0.6 is 11.6 Å². The largest absolute Gasteiger partial charge is 0.393 e. The van der Waals surface area contributed by atoms with E-state index in [1.165, 1.54) is 0 Å². The van der Waals surface area contributed by atoms with Gasteiger partial charge in [0.2, 0.25) is 5.91 Å². The van der Waals surface area contributed by atoms with E-state index in [4.69, 9.17) is 11.6 Å². The van der Waals surface area contributed by atoms with E-state index < -0.39 is 0 Å². The van der Waals surface area contributed by atoms with Gasteiger partial charge in [-0.2, -0.15) is 0 Å². The maximum absolute atomic E-state index is 12.6. The number of halogens is 1. The molecule has 0 bridgehead atoms. The molecule has 3 nitrogen and oxygen atoms in total. The topological polar surface area (TPSA) is 40.5 Å². The van der Waals surface area contributed by atoms with Crippen LogP contribution in [-0.2, 0) is 4.79 Å². The summed E-state index contributed by atoms with van der Waals surface area (Å²) in [5.74, 6) is 0.0399. The molecule has 0 saturated carbocycles. The summed E-state index contributed by atoms with van der Waals surface area (Å²) in [5.41, 5.74) is 1.54. The van der Waals surface area contributed by atoms with Crippen LogP contribution in [-0.4, -0.2) is 34.6 Å². The highest BCUT2D eigenvalue weighted by Gasteiger charge is 2.29. The van der Waals surface area contributed by atoms with E-state index in [0.717, 1.165) is 24.9 Å². The molecule has 1 aromatic rings. The molecule has 1 amide bonds. The minimum Gasteiger partial charge on any atom is -0.393 e. The molecule has 0 radical (unpaired) electrons. The zero-order valence-corrected chi connectivity index (χ0v) is 13.3. The standard InChI is InChI=1S/C17H22ClNO2/c1-12(10-14-6-3-4-8-16(14)18)17(21)19-9-5-7-15(19)11-13(2)20/h3-4,6,8,10,13,15,20H,5,7,9,11H2,1-2H3/b12-10+. The van der Waals surface area contributed by atoms with Crippen LogP contribution in [0, 0.1) is 0 Å². The quantitative estimate of drug-likeness (QED) is 0.865. The molecule has 1 fully saturated rings. The molecular formula is C17H22ClNO2. The van der Waals surface area contributed by atoms with Crippen molar-refractivity contribution in [2.45, 2.75) is 45.3 Å². The van der Waals surface area contributed by atoms with Crippen LogP contribution in [0.2, 0.25) is 5.02 Å². The Morgan fingerprint density at radius 2 is 2.24 bits per heavy atom. The molecule has 4 heteroatoms. The fourth-order valence-electron chi connectivity index (χ4n) is 2.86. The molecule has 0 spiro atoms. The predicted molar refractivity (Wildman–Crippen MR) is 86.1 cm³/mol. The van der Waals surface area contributed by atoms with Crippen LogP contribution in [0.3, 0.4) is 0 Å². The molecule has 1 aromatic carbocycles. The molecule has 1 aliphatic heterocycles. The average molecular weight is 308 g/mol. The van der Waals surface area contributed by atoms with Gasteiger partial charge >= 0.3 is 0 Å². The number of benzene rings is 1. The number of hydrogen-bond acceptors (Lipinski definition) is 2. The van der Waals surface area contributed by atoms with Crippen molar-refractivity contribution in [3.05, 3.63) is 40.4 Å². The third-order valence-corrected chi connectivity index (χ3v) is 4.21. The Hall–Kier alpha value is -1.32. The highest BCUT2D eigenvalue weighted by molar-refractivity contribution is 6.32. The summed E-state index contributed by atoms with van der Waals surface area (Å²) in [6.07, 6.45) is 4.07. The molecule has 1 heterocycles. The first-order valence-electron chi connectivity index (χ1n) is 7.41. The van der Waals surface area contributed by atoms with Gasteiger partial charge in [0, 0.05) is 23.2 Å². The van der Waals surface area contributed by atoms with E-state index in [9.17, 15) is 9.90 Å². The smallest absolute Gasteiger partial charge is 0.249 e. The van der Waals surface area contributed by atoms with E-state index in [0.29, 0.717) is 17.0 Å². The predicted octanol–water partition coefficient (Wildman–Crippen LogP) is 3.51. The molecule has 2 atom stereocenters. The Kier molecular flexibility index (Phi) is 5.43. The van der Waals surface area contributed by atoms with Crippen LogP contribution in [0.1, 0.15) is 38.7 Å². The van der Waals surface area contributed by atoms with E-state index in [2.05, 4.69) is 0 Å². The second-order valence-corrected chi connectivity index (χ2v) is 6.14. The van der Waals surface area contributed by atoms with Crippen LogP contribution < -0.4 is 0 Å². The molecule has 21 heavy (non-hydrogen) atoms. The number of hydrogen-bond donors (Lipinski definition) is 1. The van der Waals surface area contributed by atoms with Gasteiger partial charge in [-0.1, -0.05) is 29.8 Å². The normalized spacial score (nSPS) is 20.7. The Labute approximate surface area is 131 Å². The molecule has 0 aromatic heterocycles. The average Bonchev–Trinajstić information content (AvgIpc) is 2.87. The van der Waals surface area contributed by atoms with E-state index in [1.807, 2.05) is 42.2 Å². The number of carbonyl (C=O) groups is 1. The number of carbonyl (C=O) groups excluding carboxylic acids is 1. The zero-order chi connectivity index (χ0) is 15.4. The summed E-state index contributed by atoms with van der Waals surface area (Å²) in [6.45, 7) is 4.36. The molecule has 1 N–H and O–H groups in total. The summed E-state index contributed by atoms with van der Waals surface area (Å²) < 4.78 is 0. The van der Waals surface area contributed by atoms with Crippen LogP contribution in [0.15, 0.2) is 29.8 Å². The molecular weight excluding hydrogens is 286 g/mol. The first-order chi connectivity index (χ1) is 9.99. The van der Waals surface area contributed by atoms with Gasteiger partial charge < -0.3 is 10.0 Å². The third kappa shape index (κ3) is 4.08. The van der Waals surface area contributed by atoms with Crippen molar-refractivity contribution in [1.82, 2.24) is 4.90 Å². The Balaban J connectivity index is 2.13. The minimum absolute atomic E-state index is 0.0399. The second kappa shape index (κ2) is 7.10. The highest BCUT2D eigenvalue weighted by atomic mass is 35.5. The van der Waals surface area contributed by atoms with Crippen molar-refractivity contribution >= 4 is 23.6 Å². The number of aliphatic hydroxyl groups is 1. The van der Waals surface area contributed by atoms with Gasteiger partial charge in [-0.25, -0.2) is 0 Å². The summed E-state index contributed by atoms with van der Waals surface area (Å²) in [7, 11) is 0. The first kappa shape index (κ1) is 16.1. The van der Waals surface area contributed by atoms with E-state index in [-0.39, 0.29) is 18.1 Å². The maximum atomic E-state index is 12.6. The summed E-state index contributed by atoms with van der Waals surface area (Å²) >= 11 is 6.13. The fraction of sp³-hybridized carbons (Fsp3) is 0.471. The highest BCUT2D eigenvalue weighted by Crippen LogP contribution is 2.25. The van der Waals surface area contributed by atoms with Crippen molar-refractivity contribution in [1.29, 1.82) is 0 Å². The van der Waals surface area contributed by atoms with Gasteiger partial charge in [0.15, 0.2) is 0 Å². The van der Waals surface area contributed by atoms with Crippen LogP contribution in [0.25, 0.3) is 6.08 Å². The Morgan fingerprint density at radius 1 is 1.52 bits per heavy atom. The second-order valence-electron chi connectivity index (χ2n) is 5.73. The number of nitrogens with zero attached hydrogens (tertiary/aromatic N) is 1. The summed E-state index contributed by atoms with van der Waals surface area (Å²) in [5, 5.41) is 10.2. The van der Waals surface area contributed by atoms with E-state index >= 15 is 0 Å². The number of likely N-dealkylation sites (tertiary alicyclic amines) is 1. The number of rotatable bonds is 4. The monoisotopic (exact) mass is 307 g/mol. The minimum atomic E-state index is -0.378. The molecule has 2 rings (SSSR count). The number of amides is 1. The van der Waals surface area contributed by atoms with Crippen molar-refractivity contribution < 1.29 is 9.90 Å². The van der Waals surface area contributed by atoms with Crippen LogP contribution in [0.5, 0.6) is 0 Å². The Morgan fingerprint density at radius 3 is 2.90 bits per heavy atom. The molecule has 1 saturated heterocycles. The van der Waals surface area contributed by atoms with Crippen molar-refractivity contribution in [2.24, 2.45) is 0 Å². The zero-order valence-electron chi connectivity index (χ0n) is 12.6. The SMILES string of the molecule is C/C(=C\c1ccccc1Cl)C(=O)N1CCCC1CC(C)O. The molecule has 0 aliphatic carbocycles. The Bertz CT molecular complexity index is 539. The lowest BCUT2D eigenvalue weighted by molar-refractivity contribution is -0.128. The van der Waals surface area contributed by atoms with Gasteiger partial charge in [0.25, 0.3) is 0 Å². The molecule has 1 aliphatic rings. The maximum Gasteiger partial charge on any atom is 0.249 e. The van der Waals surface area contributed by atoms with Gasteiger partial charge in [0.1, 0.15) is 0 Å². The fourth-order valence-corrected chi connectivity index (χ4v) is 3.05. The molecule has 2 unspecified atom stereocenters. The third-order valence-electron chi connectivity index (χ3n) is 3.87. The molecule has 114 valence electrons. The van der Waals surface area contributed by atoms with E-state index in [1.54, 1.807) is 6.92 Å². The first-order valence-corrected chi connectivity index (χ1v) is 7.78. The van der Waals surface area contributed by atoms with Gasteiger partial charge in [-0.05, 0) is 50.8 Å². The van der Waals surface area contributed by atoms with Crippen molar-refractivity contribution in [2.75, 3.05) is 6.54 Å². The van der Waals surface area contributed by atoms with Crippen LogP contribution in [0.4, 0.5) is 0 Å². The summed E-state index contributed by atoms with van der Waals surface area (Å²) in [6, 6.07) is 7.64. The summed E-state index contributed by atoms with van der Waals surface area (Å²) in [4.78, 5) is 14.5. The number of aliphatic hydroxyl groups excluding tert-OH is 1. The van der Waals surface area contributed by atoms with Gasteiger partial charge in [-0.15, -0.1) is 0 Å². The lowest BCUT2D eigenvalue weighted by Crippen LogP contribution is -2.37. The van der Waals surface area contributed by atoms with Gasteiger partial charge in [-0.3, -0.25) is 4.79 Å². The van der Waals surface area contributed by atoms with Crippen molar-refractivity contribution in [3.8, 4) is 0 Å². The van der Waals surface area contributed by atoms with Gasteiger partial charge in [0.05, 0.1) is 6.10 Å².